The van der Waals surface area contributed by atoms with Crippen LogP contribution in [-0.2, 0) is 20.9 Å². The number of aromatic nitrogens is 1. The Bertz CT molecular complexity index is 1680. The van der Waals surface area contributed by atoms with Crippen LogP contribution in [-0.4, -0.2) is 72.4 Å². The number of halogens is 1. The molecule has 11 nitrogen and oxygen atoms in total. The predicted molar refractivity (Wildman–Crippen MR) is 184 cm³/mol. The van der Waals surface area contributed by atoms with Crippen molar-refractivity contribution < 1.29 is 18.8 Å². The molecule has 1 aliphatic heterocycles. The summed E-state index contributed by atoms with van der Waals surface area (Å²) in [6.45, 7) is 8.10. The predicted octanol–water partition coefficient (Wildman–Crippen LogP) is 4.43. The second kappa shape index (κ2) is 15.5. The summed E-state index contributed by atoms with van der Waals surface area (Å²) in [6, 6.07) is 16.9. The molecule has 2 heterocycles. The van der Waals surface area contributed by atoms with E-state index >= 15 is 0 Å². The summed E-state index contributed by atoms with van der Waals surface area (Å²) in [5.41, 5.74) is 2.84. The summed E-state index contributed by atoms with van der Waals surface area (Å²) < 4.78 is 13.8. The number of nitrogens with zero attached hydrogens (tertiary/aromatic N) is 5. The van der Waals surface area contributed by atoms with Crippen LogP contribution in [0.3, 0.4) is 0 Å². The van der Waals surface area contributed by atoms with Gasteiger partial charge in [0.15, 0.2) is 0 Å². The van der Waals surface area contributed by atoms with E-state index < -0.39 is 17.6 Å². The molecule has 1 aliphatic carbocycles. The maximum Gasteiger partial charge on any atom is 0.316 e. The fourth-order valence-electron chi connectivity index (χ4n) is 6.24. The smallest absolute Gasteiger partial charge is 0.316 e. The van der Waals surface area contributed by atoms with Gasteiger partial charge in [-0.2, -0.15) is 5.26 Å². The van der Waals surface area contributed by atoms with Crippen molar-refractivity contribution >= 4 is 40.6 Å². The lowest BCUT2D eigenvalue weighted by Crippen LogP contribution is -2.50. The Labute approximate surface area is 280 Å². The van der Waals surface area contributed by atoms with Gasteiger partial charge in [0.1, 0.15) is 17.7 Å². The van der Waals surface area contributed by atoms with Gasteiger partial charge in [0, 0.05) is 56.2 Å². The molecule has 0 unspecified atom stereocenters. The standard InChI is InChI=1S/C36H41FN8O3/c1-4-34(46)42-31-19-30(13-14-32(31)44-17-16-43(3)24(2)23-44)45(36(48)35(47)40-21-25-6-5-7-27(37)18-25)29-11-9-28(10-12-29)41-33-15-8-26(20-38)22-39-33/h4-8,13-15,18-19,22,24,28-29H,1,9-12,16-17,21,23H2,2-3H3,(H,39,41)(H,40,47)(H,42,46)/t24-,28?,29?/m0/s1. The van der Waals surface area contributed by atoms with E-state index in [1.165, 1.54) is 29.3 Å². The van der Waals surface area contributed by atoms with Gasteiger partial charge in [-0.25, -0.2) is 9.37 Å². The highest BCUT2D eigenvalue weighted by atomic mass is 19.1. The topological polar surface area (TPSA) is 134 Å². The minimum absolute atomic E-state index is 0.00834. The van der Waals surface area contributed by atoms with Crippen molar-refractivity contribution in [2.24, 2.45) is 0 Å². The lowest BCUT2D eigenvalue weighted by atomic mass is 9.89. The first-order valence-corrected chi connectivity index (χ1v) is 16.2. The van der Waals surface area contributed by atoms with Crippen LogP contribution in [0.15, 0.2) is 73.4 Å². The Morgan fingerprint density at radius 3 is 2.56 bits per heavy atom. The van der Waals surface area contributed by atoms with E-state index in [1.54, 1.807) is 30.3 Å². The third kappa shape index (κ3) is 8.35. The zero-order valence-corrected chi connectivity index (χ0v) is 27.3. The number of carbonyl (C=O) groups is 3. The number of amides is 3. The van der Waals surface area contributed by atoms with Crippen LogP contribution in [0.5, 0.6) is 0 Å². The highest BCUT2D eigenvalue weighted by Gasteiger charge is 2.34. The average Bonchev–Trinajstić information content (AvgIpc) is 3.09. The van der Waals surface area contributed by atoms with Gasteiger partial charge in [0.25, 0.3) is 0 Å². The van der Waals surface area contributed by atoms with Gasteiger partial charge in [0.05, 0.1) is 16.9 Å². The minimum Gasteiger partial charge on any atom is -0.367 e. The molecule has 3 N–H and O–H groups in total. The molecule has 1 atom stereocenters. The molecule has 1 aromatic heterocycles. The van der Waals surface area contributed by atoms with Crippen molar-refractivity contribution in [3.05, 3.63) is 90.4 Å². The van der Waals surface area contributed by atoms with Crippen LogP contribution in [0, 0.1) is 17.1 Å². The number of rotatable bonds is 9. The van der Waals surface area contributed by atoms with E-state index in [1.807, 2.05) is 12.1 Å². The molecular formula is C36H41FN8O3. The molecule has 0 radical (unpaired) electrons. The number of likely N-dealkylation sites (N-methyl/N-ethyl adjacent to an activating group) is 1. The van der Waals surface area contributed by atoms with Crippen LogP contribution in [0.2, 0.25) is 0 Å². The molecule has 2 aromatic carbocycles. The van der Waals surface area contributed by atoms with E-state index in [0.29, 0.717) is 60.0 Å². The number of piperazine rings is 1. The van der Waals surface area contributed by atoms with Crippen molar-refractivity contribution in [3.63, 3.8) is 0 Å². The third-order valence-electron chi connectivity index (χ3n) is 9.06. The Balaban J connectivity index is 1.40. The Kier molecular flexibility index (Phi) is 11.0. The number of nitrogens with one attached hydrogen (secondary N) is 3. The maximum atomic E-state index is 14.0. The highest BCUT2D eigenvalue weighted by Crippen LogP contribution is 2.36. The number of anilines is 4. The fourth-order valence-corrected chi connectivity index (χ4v) is 6.24. The number of hydrogen-bond acceptors (Lipinski definition) is 8. The van der Waals surface area contributed by atoms with E-state index in [-0.39, 0.29) is 24.5 Å². The van der Waals surface area contributed by atoms with Crippen molar-refractivity contribution in [2.75, 3.05) is 47.1 Å². The van der Waals surface area contributed by atoms with Crippen molar-refractivity contribution in [3.8, 4) is 6.07 Å². The molecule has 3 amide bonds. The molecule has 3 aromatic rings. The molecule has 250 valence electrons. The van der Waals surface area contributed by atoms with Crippen molar-refractivity contribution in [1.82, 2.24) is 15.2 Å². The summed E-state index contributed by atoms with van der Waals surface area (Å²) >= 11 is 0. The molecule has 0 spiro atoms. The van der Waals surface area contributed by atoms with E-state index in [9.17, 15) is 18.8 Å². The quantitative estimate of drug-likeness (QED) is 0.229. The highest BCUT2D eigenvalue weighted by molar-refractivity contribution is 6.40. The summed E-state index contributed by atoms with van der Waals surface area (Å²) in [4.78, 5) is 50.3. The van der Waals surface area contributed by atoms with Gasteiger partial charge in [-0.1, -0.05) is 18.7 Å². The summed E-state index contributed by atoms with van der Waals surface area (Å²) in [5.74, 6) is -1.70. The van der Waals surface area contributed by atoms with E-state index in [4.69, 9.17) is 5.26 Å². The van der Waals surface area contributed by atoms with E-state index in [2.05, 4.69) is 57.4 Å². The van der Waals surface area contributed by atoms with Gasteiger partial charge >= 0.3 is 11.8 Å². The van der Waals surface area contributed by atoms with Crippen molar-refractivity contribution in [2.45, 2.75) is 57.3 Å². The largest absolute Gasteiger partial charge is 0.367 e. The molecule has 1 saturated carbocycles. The molecule has 2 aliphatic rings. The molecule has 2 fully saturated rings. The van der Waals surface area contributed by atoms with Gasteiger partial charge in [0.2, 0.25) is 5.91 Å². The summed E-state index contributed by atoms with van der Waals surface area (Å²) in [7, 11) is 2.08. The maximum absolute atomic E-state index is 14.0. The minimum atomic E-state index is -0.810. The second-order valence-electron chi connectivity index (χ2n) is 12.4. The summed E-state index contributed by atoms with van der Waals surface area (Å²) in [6.07, 6.45) is 5.33. The fraction of sp³-hybridized carbons (Fsp3) is 0.361. The van der Waals surface area contributed by atoms with Gasteiger partial charge in [-0.05, 0) is 93.8 Å². The molecule has 12 heteroatoms. The van der Waals surface area contributed by atoms with Gasteiger partial charge in [-0.3, -0.25) is 14.4 Å². The van der Waals surface area contributed by atoms with Crippen molar-refractivity contribution in [1.29, 1.82) is 5.26 Å². The van der Waals surface area contributed by atoms with Gasteiger partial charge < -0.3 is 30.7 Å². The number of hydrogen-bond donors (Lipinski definition) is 3. The summed E-state index contributed by atoms with van der Waals surface area (Å²) in [5, 5.41) is 18.1. The van der Waals surface area contributed by atoms with Crippen LogP contribution >= 0.6 is 0 Å². The molecular weight excluding hydrogens is 611 g/mol. The van der Waals surface area contributed by atoms with E-state index in [0.717, 1.165) is 25.3 Å². The molecule has 0 bridgehead atoms. The number of nitriles is 1. The Hall–Kier alpha value is -5.28. The van der Waals surface area contributed by atoms with Crippen LogP contribution in [0.4, 0.5) is 27.3 Å². The monoisotopic (exact) mass is 652 g/mol. The normalized spacial score (nSPS) is 19.5. The number of pyridine rings is 1. The second-order valence-corrected chi connectivity index (χ2v) is 12.4. The average molecular weight is 653 g/mol. The third-order valence-corrected chi connectivity index (χ3v) is 9.06. The zero-order valence-electron chi connectivity index (χ0n) is 27.3. The number of benzene rings is 2. The molecule has 48 heavy (non-hydrogen) atoms. The SMILES string of the molecule is C=CC(=O)Nc1cc(N(C(=O)C(=O)NCc2cccc(F)c2)C2CCC(Nc3ccc(C#N)cn3)CC2)ccc1N1CCN(C)[C@@H](C)C1. The Morgan fingerprint density at radius 1 is 1.10 bits per heavy atom. The van der Waals surface area contributed by atoms with Crippen LogP contribution < -0.4 is 25.8 Å². The van der Waals surface area contributed by atoms with Crippen LogP contribution in [0.1, 0.15) is 43.7 Å². The molecule has 1 saturated heterocycles. The lowest BCUT2D eigenvalue weighted by Gasteiger charge is -2.40. The van der Waals surface area contributed by atoms with Crippen LogP contribution in [0.25, 0.3) is 0 Å². The zero-order chi connectivity index (χ0) is 34.2. The molecule has 5 rings (SSSR count). The Morgan fingerprint density at radius 2 is 1.90 bits per heavy atom. The first kappa shape index (κ1) is 34.1. The van der Waals surface area contributed by atoms with Gasteiger partial charge in [-0.15, -0.1) is 0 Å². The first-order chi connectivity index (χ1) is 23.1. The lowest BCUT2D eigenvalue weighted by molar-refractivity contribution is -0.138. The first-order valence-electron chi connectivity index (χ1n) is 16.2. The number of carbonyl (C=O) groups excluding carboxylic acids is 3.